The minimum Gasteiger partial charge on any atom is -0.371 e. The van der Waals surface area contributed by atoms with E-state index in [4.69, 9.17) is 0 Å². The zero-order chi connectivity index (χ0) is 43.3. The topological polar surface area (TPSA) is 15.3 Å². The molecule has 2 nitrogen and oxygen atoms in total. The highest BCUT2D eigenvalue weighted by Crippen LogP contribution is 2.38. The second kappa shape index (κ2) is 29.3. The Morgan fingerprint density at radius 1 is 0.508 bits per heavy atom. The van der Waals surface area contributed by atoms with Gasteiger partial charge in [-0.05, 0) is 212 Å². The van der Waals surface area contributed by atoms with Gasteiger partial charge in [-0.3, -0.25) is 0 Å². The van der Waals surface area contributed by atoms with Crippen LogP contribution in [0, 0.1) is 45.1 Å². The van der Waals surface area contributed by atoms with Crippen LogP contribution in [0.25, 0.3) is 0 Å². The Bertz CT molecular complexity index is 2170. The summed E-state index contributed by atoms with van der Waals surface area (Å²) in [5.41, 5.74) is 9.30. The minimum absolute atomic E-state index is 0. The monoisotopic (exact) mass is 1110 g/mol. The molecule has 6 aromatic rings. The molecule has 1 N–H and O–H groups in total. The van der Waals surface area contributed by atoms with Gasteiger partial charge in [0.2, 0.25) is 0 Å². The van der Waals surface area contributed by atoms with Crippen LogP contribution >= 0.6 is 90.6 Å². The zero-order valence-electron chi connectivity index (χ0n) is 36.0. The molecule has 0 bridgehead atoms. The molecule has 0 spiro atoms. The van der Waals surface area contributed by atoms with Crippen LogP contribution in [0.2, 0.25) is 0 Å². The predicted molar refractivity (Wildman–Crippen MR) is 290 cm³/mol. The van der Waals surface area contributed by atoms with Crippen LogP contribution in [-0.4, -0.2) is 26.2 Å². The van der Waals surface area contributed by atoms with Gasteiger partial charge in [0.1, 0.15) is 0 Å². The van der Waals surface area contributed by atoms with Crippen molar-refractivity contribution in [1.82, 2.24) is 5.32 Å². The summed E-state index contributed by atoms with van der Waals surface area (Å²) in [4.78, 5) is 8.94. The smallest absolute Gasteiger partial charge is 0.0508 e. The molecular formula is C53H65Br2IN2S3. The molecule has 2 saturated heterocycles. The highest BCUT2D eigenvalue weighted by Gasteiger charge is 2.15. The van der Waals surface area contributed by atoms with Crippen LogP contribution in [0.1, 0.15) is 79.3 Å². The zero-order valence-corrected chi connectivity index (χ0v) is 43.9. The van der Waals surface area contributed by atoms with Gasteiger partial charge in [0.25, 0.3) is 0 Å². The molecule has 61 heavy (non-hydrogen) atoms. The number of halogens is 3. The maximum atomic E-state index is 4.25. The van der Waals surface area contributed by atoms with Crippen molar-refractivity contribution in [2.45, 2.75) is 112 Å². The lowest BCUT2D eigenvalue weighted by atomic mass is 10.1. The molecule has 8 heteroatoms. The fourth-order valence-corrected chi connectivity index (χ4v) is 9.86. The van der Waals surface area contributed by atoms with E-state index in [2.05, 4.69) is 216 Å². The summed E-state index contributed by atoms with van der Waals surface area (Å²) in [7, 11) is 0. The summed E-state index contributed by atoms with van der Waals surface area (Å²) in [5, 5.41) is 3.28. The highest BCUT2D eigenvalue weighted by atomic mass is 127. The molecule has 6 aromatic carbocycles. The van der Waals surface area contributed by atoms with Crippen molar-refractivity contribution in [2.24, 2.45) is 0 Å². The van der Waals surface area contributed by atoms with Crippen LogP contribution in [0.5, 0.6) is 0 Å². The van der Waals surface area contributed by atoms with Crippen molar-refractivity contribution in [3.8, 4) is 0 Å². The SMILES string of the molecule is Brc1ccccc1I.C.C1CCNCC1.Cc1ccc(S)c(C)c1.Cc1ccc(Sc2ccccc2Br)c(C)c1.Cc1ccc(Sc2ccccc2N2CCCCC2)c(C)c1. The molecule has 0 aliphatic carbocycles. The molecule has 0 amide bonds. The number of para-hydroxylation sites is 1. The first kappa shape index (κ1) is 53.2. The minimum atomic E-state index is 0. The Morgan fingerprint density at radius 3 is 1.41 bits per heavy atom. The molecule has 2 fully saturated rings. The summed E-state index contributed by atoms with van der Waals surface area (Å²) >= 11 is 17.2. The number of anilines is 1. The van der Waals surface area contributed by atoms with Gasteiger partial charge in [-0.1, -0.05) is 127 Å². The summed E-state index contributed by atoms with van der Waals surface area (Å²) in [6.07, 6.45) is 8.24. The van der Waals surface area contributed by atoms with Gasteiger partial charge in [-0.15, -0.1) is 12.6 Å². The quantitative estimate of drug-likeness (QED) is 0.132. The van der Waals surface area contributed by atoms with Crippen LogP contribution in [0.4, 0.5) is 5.69 Å². The van der Waals surface area contributed by atoms with E-state index in [0.717, 1.165) is 9.37 Å². The first-order valence-electron chi connectivity index (χ1n) is 20.9. The lowest BCUT2D eigenvalue weighted by molar-refractivity contribution is 0.520. The molecule has 326 valence electrons. The molecular weight excluding hydrogens is 1050 g/mol. The van der Waals surface area contributed by atoms with Crippen molar-refractivity contribution < 1.29 is 0 Å². The van der Waals surface area contributed by atoms with E-state index < -0.39 is 0 Å². The number of nitrogens with one attached hydrogen (secondary N) is 1. The lowest BCUT2D eigenvalue weighted by Gasteiger charge is -2.30. The third kappa shape index (κ3) is 19.6. The van der Waals surface area contributed by atoms with Gasteiger partial charge in [-0.2, -0.15) is 0 Å². The van der Waals surface area contributed by atoms with Crippen LogP contribution < -0.4 is 10.2 Å². The molecule has 0 radical (unpaired) electrons. The van der Waals surface area contributed by atoms with Gasteiger partial charge in [-0.25, -0.2) is 0 Å². The van der Waals surface area contributed by atoms with Crippen molar-refractivity contribution in [3.63, 3.8) is 0 Å². The highest BCUT2D eigenvalue weighted by molar-refractivity contribution is 14.1. The van der Waals surface area contributed by atoms with Crippen molar-refractivity contribution in [1.29, 1.82) is 0 Å². The number of piperidine rings is 2. The van der Waals surface area contributed by atoms with E-state index in [1.165, 1.54) is 131 Å². The normalized spacial score (nSPS) is 13.0. The molecule has 2 heterocycles. The van der Waals surface area contributed by atoms with Crippen LogP contribution in [0.3, 0.4) is 0 Å². The van der Waals surface area contributed by atoms with Crippen LogP contribution in [0.15, 0.2) is 161 Å². The fourth-order valence-electron chi connectivity index (χ4n) is 6.58. The molecule has 0 atom stereocenters. The molecule has 0 saturated carbocycles. The molecule has 8 rings (SSSR count). The van der Waals surface area contributed by atoms with E-state index in [1.54, 1.807) is 11.8 Å². The Morgan fingerprint density at radius 2 is 0.967 bits per heavy atom. The molecule has 0 aromatic heterocycles. The van der Waals surface area contributed by atoms with Crippen molar-refractivity contribution in [2.75, 3.05) is 31.1 Å². The Balaban J connectivity index is 0.000000218. The fraction of sp³-hybridized carbons (Fsp3) is 0.321. The van der Waals surface area contributed by atoms with Gasteiger partial charge >= 0.3 is 0 Å². The molecule has 0 unspecified atom stereocenters. The second-order valence-electron chi connectivity index (χ2n) is 15.2. The lowest BCUT2D eigenvalue weighted by Crippen LogP contribution is -2.29. The summed E-state index contributed by atoms with van der Waals surface area (Å²) in [6.45, 7) is 17.7. The molecule has 2 aliphatic rings. The number of thiol groups is 1. The summed E-state index contributed by atoms with van der Waals surface area (Å²) in [5.74, 6) is 0. The van der Waals surface area contributed by atoms with Crippen LogP contribution in [-0.2, 0) is 0 Å². The maximum absolute atomic E-state index is 4.25. The van der Waals surface area contributed by atoms with E-state index in [1.807, 2.05) is 42.1 Å². The van der Waals surface area contributed by atoms with E-state index in [-0.39, 0.29) is 7.43 Å². The Kier molecular flexibility index (Phi) is 25.5. The van der Waals surface area contributed by atoms with E-state index in [9.17, 15) is 0 Å². The predicted octanol–water partition coefficient (Wildman–Crippen LogP) is 17.7. The van der Waals surface area contributed by atoms with E-state index >= 15 is 0 Å². The number of rotatable bonds is 5. The average molecular weight is 1110 g/mol. The van der Waals surface area contributed by atoms with Gasteiger partial charge in [0, 0.05) is 50.1 Å². The van der Waals surface area contributed by atoms with E-state index in [0.29, 0.717) is 0 Å². The standard InChI is InChI=1S/C19H23NS.C14H13BrS.C8H10S.C6H4BrI.C5H11N.CH4/c1-15-10-11-18(16(2)14-15)21-19-9-5-4-8-17(19)20-12-6-3-7-13-20;1-10-7-8-13(11(2)9-10)16-14-6-4-3-5-12(14)15;1-6-3-4-8(9)7(2)5-6;7-5-3-1-2-4-6(5)8;1-2-4-6-5-3-1;/h4-5,8-11,14H,3,6-7,12-13H2,1-2H3;3-9H,1-2H3;3-5,9H,1-2H3;1-4H;6H,1-5H2;1H4. The van der Waals surface area contributed by atoms with Crippen molar-refractivity contribution >= 4 is 96.3 Å². The number of aryl methyl sites for hydroxylation is 6. The first-order valence-corrected chi connectivity index (χ1v) is 25.6. The number of hydrogen-bond acceptors (Lipinski definition) is 5. The van der Waals surface area contributed by atoms with Gasteiger partial charge in [0.05, 0.1) is 5.69 Å². The van der Waals surface area contributed by atoms with Crippen molar-refractivity contribution in [3.05, 3.63) is 173 Å². The van der Waals surface area contributed by atoms with Gasteiger partial charge < -0.3 is 10.2 Å². The Hall–Kier alpha value is -2.18. The molecule has 2 aliphatic heterocycles. The third-order valence-electron chi connectivity index (χ3n) is 9.88. The first-order chi connectivity index (χ1) is 28.9. The Labute approximate surface area is 414 Å². The largest absolute Gasteiger partial charge is 0.371 e. The second-order valence-corrected chi connectivity index (χ2v) is 20.7. The summed E-state index contributed by atoms with van der Waals surface area (Å²) in [6, 6.07) is 44.8. The average Bonchev–Trinajstić information content (AvgIpc) is 3.25. The number of nitrogens with zero attached hydrogens (tertiary/aromatic N) is 1. The maximum Gasteiger partial charge on any atom is 0.0508 e. The van der Waals surface area contributed by atoms with Gasteiger partial charge in [0.15, 0.2) is 0 Å². The number of benzene rings is 6. The number of hydrogen-bond donors (Lipinski definition) is 2. The third-order valence-corrected chi connectivity index (χ3v) is 16.2. The summed E-state index contributed by atoms with van der Waals surface area (Å²) < 4.78 is 3.57.